The third-order valence-corrected chi connectivity index (χ3v) is 4.46. The van der Waals surface area contributed by atoms with Gasteiger partial charge in [0, 0.05) is 26.1 Å². The van der Waals surface area contributed by atoms with Crippen LogP contribution in [0.15, 0.2) is 6.07 Å². The van der Waals surface area contributed by atoms with Gasteiger partial charge in [0.25, 0.3) is 0 Å². The fraction of sp³-hybridized carbons (Fsp3) is 0.714. The minimum atomic E-state index is 0.795. The zero-order valence-electron chi connectivity index (χ0n) is 11.9. The van der Waals surface area contributed by atoms with Gasteiger partial charge >= 0.3 is 0 Å². The lowest BCUT2D eigenvalue weighted by Gasteiger charge is -2.22. The van der Waals surface area contributed by atoms with E-state index in [-0.39, 0.29) is 0 Å². The highest BCUT2D eigenvalue weighted by molar-refractivity contribution is 7.99. The Hall–Kier alpha value is -0.970. The Bertz CT molecular complexity index is 391. The van der Waals surface area contributed by atoms with E-state index in [1.54, 1.807) is 0 Å². The van der Waals surface area contributed by atoms with Gasteiger partial charge in [-0.1, -0.05) is 6.92 Å². The zero-order valence-corrected chi connectivity index (χ0v) is 12.7. The van der Waals surface area contributed by atoms with Crippen LogP contribution in [-0.4, -0.2) is 35.1 Å². The Morgan fingerprint density at radius 1 is 1.26 bits per heavy atom. The van der Waals surface area contributed by atoms with E-state index in [0.717, 1.165) is 42.8 Å². The molecule has 2 rings (SSSR count). The summed E-state index contributed by atoms with van der Waals surface area (Å²) in [5.41, 5.74) is 0. The third kappa shape index (κ3) is 4.56. The molecule has 106 valence electrons. The van der Waals surface area contributed by atoms with Gasteiger partial charge < -0.3 is 10.6 Å². The molecule has 1 aliphatic heterocycles. The first-order valence-electron chi connectivity index (χ1n) is 7.19. The van der Waals surface area contributed by atoms with Gasteiger partial charge in [-0.25, -0.2) is 9.97 Å². The molecule has 0 saturated carbocycles. The van der Waals surface area contributed by atoms with Gasteiger partial charge in [-0.3, -0.25) is 0 Å². The Kier molecular flexibility index (Phi) is 5.76. The van der Waals surface area contributed by atoms with E-state index in [4.69, 9.17) is 0 Å². The monoisotopic (exact) mass is 280 g/mol. The molecular weight excluding hydrogens is 256 g/mol. The van der Waals surface area contributed by atoms with Crippen molar-refractivity contribution in [3.8, 4) is 0 Å². The molecule has 1 aromatic rings. The van der Waals surface area contributed by atoms with Gasteiger partial charge in [-0.05, 0) is 36.7 Å². The molecule has 2 N–H and O–H groups in total. The first-order chi connectivity index (χ1) is 9.31. The summed E-state index contributed by atoms with van der Waals surface area (Å²) in [6.07, 6.45) is 4.66. The molecule has 0 aromatic carbocycles. The molecule has 1 aromatic heterocycles. The number of aryl methyl sites for hydroxylation is 1. The summed E-state index contributed by atoms with van der Waals surface area (Å²) in [5.74, 6) is 6.19. The van der Waals surface area contributed by atoms with Crippen LogP contribution in [0.3, 0.4) is 0 Å². The Labute approximate surface area is 120 Å². The second kappa shape index (κ2) is 7.58. The SMILES string of the molecule is CCCc1nc(NC)cc(NCC2CCSCC2)n1. The molecular formula is C14H24N4S. The van der Waals surface area contributed by atoms with E-state index in [2.05, 4.69) is 39.3 Å². The summed E-state index contributed by atoms with van der Waals surface area (Å²) in [7, 11) is 1.90. The van der Waals surface area contributed by atoms with E-state index in [9.17, 15) is 0 Å². The summed E-state index contributed by atoms with van der Waals surface area (Å²) in [5, 5.41) is 6.60. The first kappa shape index (κ1) is 14.4. The van der Waals surface area contributed by atoms with Crippen LogP contribution in [0, 0.1) is 5.92 Å². The highest BCUT2D eigenvalue weighted by Gasteiger charge is 2.13. The molecule has 1 fully saturated rings. The van der Waals surface area contributed by atoms with Crippen molar-refractivity contribution in [1.82, 2.24) is 9.97 Å². The quantitative estimate of drug-likeness (QED) is 0.839. The first-order valence-corrected chi connectivity index (χ1v) is 8.34. The lowest BCUT2D eigenvalue weighted by Crippen LogP contribution is -2.20. The number of rotatable bonds is 6. The van der Waals surface area contributed by atoms with Crippen molar-refractivity contribution in [2.24, 2.45) is 5.92 Å². The summed E-state index contributed by atoms with van der Waals surface area (Å²) in [4.78, 5) is 9.06. The van der Waals surface area contributed by atoms with Crippen molar-refractivity contribution < 1.29 is 0 Å². The fourth-order valence-corrected chi connectivity index (χ4v) is 3.45. The highest BCUT2D eigenvalue weighted by atomic mass is 32.2. The third-order valence-electron chi connectivity index (χ3n) is 3.41. The van der Waals surface area contributed by atoms with Gasteiger partial charge in [0.2, 0.25) is 0 Å². The fourth-order valence-electron chi connectivity index (χ4n) is 2.25. The molecule has 1 saturated heterocycles. The zero-order chi connectivity index (χ0) is 13.5. The standard InChI is InChI=1S/C14H24N4S/c1-3-4-12-17-13(15-2)9-14(18-12)16-10-11-5-7-19-8-6-11/h9,11H,3-8,10H2,1-2H3,(H2,15,16,17,18). The van der Waals surface area contributed by atoms with E-state index in [0.29, 0.717) is 0 Å². The summed E-state index contributed by atoms with van der Waals surface area (Å²) < 4.78 is 0. The molecule has 1 aliphatic rings. The van der Waals surface area contributed by atoms with Gasteiger partial charge in [0.15, 0.2) is 0 Å². The lowest BCUT2D eigenvalue weighted by molar-refractivity contribution is 0.515. The molecule has 5 heteroatoms. The van der Waals surface area contributed by atoms with Crippen molar-refractivity contribution in [2.75, 3.05) is 35.7 Å². The van der Waals surface area contributed by atoms with Crippen LogP contribution in [0.25, 0.3) is 0 Å². The summed E-state index contributed by atoms with van der Waals surface area (Å²) in [6.45, 7) is 3.19. The van der Waals surface area contributed by atoms with Crippen molar-refractivity contribution in [3.63, 3.8) is 0 Å². The van der Waals surface area contributed by atoms with Crippen LogP contribution >= 0.6 is 11.8 Å². The molecule has 19 heavy (non-hydrogen) atoms. The van der Waals surface area contributed by atoms with Crippen molar-refractivity contribution in [1.29, 1.82) is 0 Å². The molecule has 0 bridgehead atoms. The Morgan fingerprint density at radius 2 is 2.00 bits per heavy atom. The molecule has 0 atom stereocenters. The average Bonchev–Trinajstić information content (AvgIpc) is 2.46. The normalized spacial score (nSPS) is 16.3. The molecule has 2 heterocycles. The smallest absolute Gasteiger partial charge is 0.133 e. The highest BCUT2D eigenvalue weighted by Crippen LogP contribution is 2.23. The van der Waals surface area contributed by atoms with Crippen molar-refractivity contribution in [2.45, 2.75) is 32.6 Å². The van der Waals surface area contributed by atoms with Crippen molar-refractivity contribution in [3.05, 3.63) is 11.9 Å². The maximum Gasteiger partial charge on any atom is 0.133 e. The number of nitrogens with one attached hydrogen (secondary N) is 2. The number of aromatic nitrogens is 2. The van der Waals surface area contributed by atoms with E-state index in [1.165, 1.54) is 24.3 Å². The van der Waals surface area contributed by atoms with Crippen LogP contribution in [0.2, 0.25) is 0 Å². The van der Waals surface area contributed by atoms with Crippen molar-refractivity contribution >= 4 is 23.4 Å². The molecule has 0 amide bonds. The number of hydrogen-bond acceptors (Lipinski definition) is 5. The second-order valence-corrected chi connectivity index (χ2v) is 6.22. The maximum absolute atomic E-state index is 4.59. The van der Waals surface area contributed by atoms with Gasteiger partial charge in [0.1, 0.15) is 17.5 Å². The van der Waals surface area contributed by atoms with Crippen LogP contribution in [-0.2, 0) is 6.42 Å². The number of thioether (sulfide) groups is 1. The molecule has 0 radical (unpaired) electrons. The molecule has 0 unspecified atom stereocenters. The Morgan fingerprint density at radius 3 is 2.68 bits per heavy atom. The molecule has 0 spiro atoms. The lowest BCUT2D eigenvalue weighted by atomic mass is 10.0. The van der Waals surface area contributed by atoms with Crippen LogP contribution in [0.1, 0.15) is 32.0 Å². The van der Waals surface area contributed by atoms with E-state index in [1.807, 2.05) is 13.1 Å². The topological polar surface area (TPSA) is 49.8 Å². The Balaban J connectivity index is 1.95. The van der Waals surface area contributed by atoms with Crippen LogP contribution in [0.5, 0.6) is 0 Å². The maximum atomic E-state index is 4.59. The van der Waals surface area contributed by atoms with Gasteiger partial charge in [0.05, 0.1) is 0 Å². The average molecular weight is 280 g/mol. The summed E-state index contributed by atoms with van der Waals surface area (Å²) >= 11 is 2.07. The molecule has 4 nitrogen and oxygen atoms in total. The second-order valence-electron chi connectivity index (χ2n) is 4.99. The largest absolute Gasteiger partial charge is 0.373 e. The predicted molar refractivity (Wildman–Crippen MR) is 84.1 cm³/mol. The van der Waals surface area contributed by atoms with E-state index < -0.39 is 0 Å². The number of anilines is 2. The molecule has 0 aliphatic carbocycles. The summed E-state index contributed by atoms with van der Waals surface area (Å²) in [6, 6.07) is 2.00. The number of nitrogens with zero attached hydrogens (tertiary/aromatic N) is 2. The number of hydrogen-bond donors (Lipinski definition) is 2. The minimum Gasteiger partial charge on any atom is -0.373 e. The van der Waals surface area contributed by atoms with Gasteiger partial charge in [-0.15, -0.1) is 0 Å². The predicted octanol–water partition coefficient (Wildman–Crippen LogP) is 3.03. The van der Waals surface area contributed by atoms with E-state index >= 15 is 0 Å². The minimum absolute atomic E-state index is 0.795. The van der Waals surface area contributed by atoms with Crippen LogP contribution in [0.4, 0.5) is 11.6 Å². The van der Waals surface area contributed by atoms with Gasteiger partial charge in [-0.2, -0.15) is 11.8 Å². The van der Waals surface area contributed by atoms with Crippen LogP contribution < -0.4 is 10.6 Å².